The molecule has 0 radical (unpaired) electrons. The summed E-state index contributed by atoms with van der Waals surface area (Å²) in [4.78, 5) is 4.44. The van der Waals surface area contributed by atoms with Crippen LogP contribution in [0.3, 0.4) is 0 Å². The minimum absolute atomic E-state index is 0.0662. The molecule has 92 valence electrons. The summed E-state index contributed by atoms with van der Waals surface area (Å²) >= 11 is 0. The number of hydrogen-bond donors (Lipinski definition) is 0. The molecular weight excluding hydrogens is 260 g/mol. The molecule has 0 aliphatic carbocycles. The molecule has 0 aliphatic heterocycles. The average Bonchev–Trinajstić information content (AvgIpc) is 2.52. The van der Waals surface area contributed by atoms with Crippen molar-refractivity contribution >= 4 is 30.8 Å². The number of aromatic nitrogens is 2. The Hall–Kier alpha value is -1.07. The smallest absolute Gasteiger partial charge is 0.232 e. The number of imidazole rings is 1. The quantitative estimate of drug-likeness (QED) is 0.803. The van der Waals surface area contributed by atoms with E-state index in [0.717, 1.165) is 22.4 Å². The van der Waals surface area contributed by atoms with Crippen LogP contribution in [0.1, 0.15) is 11.4 Å². The molecule has 2 rings (SSSR count). The van der Waals surface area contributed by atoms with Crippen molar-refractivity contribution in [2.45, 2.75) is 13.3 Å². The van der Waals surface area contributed by atoms with Gasteiger partial charge >= 0.3 is 0 Å². The van der Waals surface area contributed by atoms with Gasteiger partial charge in [0.1, 0.15) is 5.82 Å². The van der Waals surface area contributed by atoms with Crippen molar-refractivity contribution in [3.8, 4) is 0 Å². The van der Waals surface area contributed by atoms with Crippen LogP contribution in [-0.4, -0.2) is 23.7 Å². The number of fused-ring (bicyclic) bond motifs is 1. The van der Waals surface area contributed by atoms with Gasteiger partial charge in [0.25, 0.3) is 0 Å². The Labute approximate surface area is 105 Å². The lowest BCUT2D eigenvalue weighted by molar-refractivity contribution is 0.609. The number of hydrogen-bond acceptors (Lipinski definition) is 3. The molecule has 0 spiro atoms. The maximum atomic E-state index is 11.0. The van der Waals surface area contributed by atoms with Gasteiger partial charge in [-0.3, -0.25) is 0 Å². The highest BCUT2D eigenvalue weighted by Gasteiger charge is 2.11. The second-order valence-corrected chi connectivity index (χ2v) is 6.89. The van der Waals surface area contributed by atoms with Crippen LogP contribution in [0.2, 0.25) is 0 Å². The number of para-hydroxylation sites is 1. The fraction of sp³-hybridized carbons (Fsp3) is 0.364. The molecular formula is C11H13ClN2O2S. The maximum Gasteiger partial charge on any atom is 0.232 e. The third kappa shape index (κ3) is 2.61. The van der Waals surface area contributed by atoms with Gasteiger partial charge < -0.3 is 4.57 Å². The largest absolute Gasteiger partial charge is 0.331 e. The number of aryl methyl sites for hydroxylation is 3. The van der Waals surface area contributed by atoms with Gasteiger partial charge in [-0.05, 0) is 25.0 Å². The summed E-state index contributed by atoms with van der Waals surface area (Å²) in [6.45, 7) is 1.92. The van der Waals surface area contributed by atoms with Gasteiger partial charge in [0, 0.05) is 17.7 Å². The molecule has 0 N–H and O–H groups in total. The molecule has 6 heteroatoms. The van der Waals surface area contributed by atoms with Crippen LogP contribution >= 0.6 is 10.7 Å². The molecule has 0 fully saturated rings. The number of nitrogens with zero attached hydrogens (tertiary/aromatic N) is 2. The zero-order chi connectivity index (χ0) is 12.6. The zero-order valence-corrected chi connectivity index (χ0v) is 11.2. The molecule has 0 unspecified atom stereocenters. The Kier molecular flexibility index (Phi) is 3.14. The molecule has 0 saturated carbocycles. The van der Waals surface area contributed by atoms with Crippen molar-refractivity contribution in [2.24, 2.45) is 7.05 Å². The van der Waals surface area contributed by atoms with E-state index in [1.165, 1.54) is 0 Å². The van der Waals surface area contributed by atoms with E-state index in [-0.39, 0.29) is 5.75 Å². The SMILES string of the molecule is Cc1nc2c(CCS(=O)(=O)Cl)cccc2n1C. The first-order valence-corrected chi connectivity index (χ1v) is 7.69. The highest BCUT2D eigenvalue weighted by atomic mass is 35.7. The topological polar surface area (TPSA) is 52.0 Å². The predicted octanol–water partition coefficient (Wildman–Crippen LogP) is 1.99. The second-order valence-electron chi connectivity index (χ2n) is 4.00. The summed E-state index contributed by atoms with van der Waals surface area (Å²) in [7, 11) is 3.70. The Morgan fingerprint density at radius 1 is 1.41 bits per heavy atom. The fourth-order valence-corrected chi connectivity index (χ4v) is 2.52. The molecule has 1 heterocycles. The lowest BCUT2D eigenvalue weighted by Gasteiger charge is -2.01. The summed E-state index contributed by atoms with van der Waals surface area (Å²) in [5, 5.41) is 0. The van der Waals surface area contributed by atoms with Crippen molar-refractivity contribution in [3.63, 3.8) is 0 Å². The molecule has 17 heavy (non-hydrogen) atoms. The van der Waals surface area contributed by atoms with Crippen LogP contribution in [0.5, 0.6) is 0 Å². The summed E-state index contributed by atoms with van der Waals surface area (Å²) in [6, 6.07) is 5.75. The normalized spacial score (nSPS) is 12.2. The molecule has 0 bridgehead atoms. The first-order chi connectivity index (χ1) is 7.88. The highest BCUT2D eigenvalue weighted by Crippen LogP contribution is 2.20. The van der Waals surface area contributed by atoms with Crippen LogP contribution in [0.15, 0.2) is 18.2 Å². The Morgan fingerprint density at radius 2 is 2.12 bits per heavy atom. The third-order valence-corrected chi connectivity index (χ3v) is 3.99. The number of benzene rings is 1. The van der Waals surface area contributed by atoms with Crippen LogP contribution in [0.25, 0.3) is 11.0 Å². The van der Waals surface area contributed by atoms with Gasteiger partial charge in [-0.1, -0.05) is 12.1 Å². The van der Waals surface area contributed by atoms with E-state index < -0.39 is 9.05 Å². The van der Waals surface area contributed by atoms with Gasteiger partial charge in [-0.25, -0.2) is 13.4 Å². The molecule has 1 aromatic carbocycles. The predicted molar refractivity (Wildman–Crippen MR) is 68.8 cm³/mol. The number of rotatable bonds is 3. The molecule has 0 saturated heterocycles. The Morgan fingerprint density at radius 3 is 2.76 bits per heavy atom. The molecule has 2 aromatic rings. The summed E-state index contributed by atoms with van der Waals surface area (Å²) in [6.07, 6.45) is 0.389. The van der Waals surface area contributed by atoms with E-state index >= 15 is 0 Å². The van der Waals surface area contributed by atoms with Gasteiger partial charge in [0.2, 0.25) is 9.05 Å². The van der Waals surface area contributed by atoms with Crippen molar-refractivity contribution in [3.05, 3.63) is 29.6 Å². The van der Waals surface area contributed by atoms with E-state index in [0.29, 0.717) is 6.42 Å². The molecule has 0 amide bonds. The van der Waals surface area contributed by atoms with Crippen LogP contribution in [0, 0.1) is 6.92 Å². The first-order valence-electron chi connectivity index (χ1n) is 5.22. The minimum atomic E-state index is -3.46. The second kappa shape index (κ2) is 4.31. The van der Waals surface area contributed by atoms with Crippen LogP contribution < -0.4 is 0 Å². The van der Waals surface area contributed by atoms with E-state index in [2.05, 4.69) is 4.98 Å². The highest BCUT2D eigenvalue weighted by molar-refractivity contribution is 8.13. The van der Waals surface area contributed by atoms with E-state index in [1.54, 1.807) is 0 Å². The molecule has 0 aliphatic rings. The number of halogens is 1. The summed E-state index contributed by atoms with van der Waals surface area (Å²) < 4.78 is 23.9. The Bertz CT molecular complexity index is 661. The van der Waals surface area contributed by atoms with Gasteiger partial charge in [-0.2, -0.15) is 0 Å². The lowest BCUT2D eigenvalue weighted by Crippen LogP contribution is -2.01. The van der Waals surface area contributed by atoms with E-state index in [9.17, 15) is 8.42 Å². The van der Waals surface area contributed by atoms with Crippen molar-refractivity contribution < 1.29 is 8.42 Å². The third-order valence-electron chi connectivity index (χ3n) is 2.83. The van der Waals surface area contributed by atoms with Gasteiger partial charge in [0.15, 0.2) is 0 Å². The Balaban J connectivity index is 2.45. The molecule has 0 atom stereocenters. The zero-order valence-electron chi connectivity index (χ0n) is 9.64. The monoisotopic (exact) mass is 272 g/mol. The van der Waals surface area contributed by atoms with Gasteiger partial charge in [-0.15, -0.1) is 0 Å². The fourth-order valence-electron chi connectivity index (χ4n) is 1.82. The average molecular weight is 273 g/mol. The maximum absolute atomic E-state index is 11.0. The summed E-state index contributed by atoms with van der Waals surface area (Å²) in [5.41, 5.74) is 2.77. The lowest BCUT2D eigenvalue weighted by atomic mass is 10.1. The van der Waals surface area contributed by atoms with Crippen molar-refractivity contribution in [1.29, 1.82) is 0 Å². The minimum Gasteiger partial charge on any atom is -0.331 e. The summed E-state index contributed by atoms with van der Waals surface area (Å²) in [5.74, 6) is 0.838. The standard InChI is InChI=1S/C11H13ClN2O2S/c1-8-13-11-9(6-7-17(12,15)16)4-3-5-10(11)14(8)2/h3-5H,6-7H2,1-2H3. The van der Waals surface area contributed by atoms with Gasteiger partial charge in [0.05, 0.1) is 16.8 Å². The van der Waals surface area contributed by atoms with E-state index in [4.69, 9.17) is 10.7 Å². The molecule has 1 aromatic heterocycles. The molecule has 4 nitrogen and oxygen atoms in total. The van der Waals surface area contributed by atoms with E-state index in [1.807, 2.05) is 36.7 Å². The van der Waals surface area contributed by atoms with Crippen LogP contribution in [-0.2, 0) is 22.5 Å². The van der Waals surface area contributed by atoms with Crippen LogP contribution in [0.4, 0.5) is 0 Å². The van der Waals surface area contributed by atoms with Crippen molar-refractivity contribution in [2.75, 3.05) is 5.75 Å². The first kappa shape index (κ1) is 12.4. The van der Waals surface area contributed by atoms with Crippen molar-refractivity contribution in [1.82, 2.24) is 9.55 Å².